The summed E-state index contributed by atoms with van der Waals surface area (Å²) in [5.74, 6) is 2.35. The van der Waals surface area contributed by atoms with E-state index < -0.39 is 0 Å². The highest BCUT2D eigenvalue weighted by molar-refractivity contribution is 5.60. The molecule has 1 aliphatic heterocycles. The second-order valence-electron chi connectivity index (χ2n) is 3.57. The van der Waals surface area contributed by atoms with Gasteiger partial charge in [0.05, 0.1) is 6.54 Å². The average Bonchev–Trinajstić information content (AvgIpc) is 2.87. The van der Waals surface area contributed by atoms with Crippen LogP contribution in [-0.4, -0.2) is 23.4 Å². The summed E-state index contributed by atoms with van der Waals surface area (Å²) in [6.07, 6.45) is 0. The highest BCUT2D eigenvalue weighted by Gasteiger charge is 2.14. The molecule has 0 amide bonds. The number of hydrogen-bond acceptors (Lipinski definition) is 6. The van der Waals surface area contributed by atoms with Crippen molar-refractivity contribution in [1.82, 2.24) is 10.1 Å². The van der Waals surface area contributed by atoms with Crippen LogP contribution in [-0.2, 0) is 6.54 Å². The van der Waals surface area contributed by atoms with Gasteiger partial charge >= 0.3 is 0 Å². The maximum Gasteiger partial charge on any atom is 0.240 e. The van der Waals surface area contributed by atoms with Crippen molar-refractivity contribution in [3.8, 4) is 22.9 Å². The first-order chi connectivity index (χ1) is 8.36. The Morgan fingerprint density at radius 1 is 1.18 bits per heavy atom. The van der Waals surface area contributed by atoms with Crippen LogP contribution < -0.4 is 15.2 Å². The lowest BCUT2D eigenvalue weighted by molar-refractivity contribution is 0.171. The first-order valence-electron chi connectivity index (χ1n) is 5.29. The molecule has 88 valence electrons. The Kier molecular flexibility index (Phi) is 2.41. The normalized spacial score (nSPS) is 13.7. The van der Waals surface area contributed by atoms with Gasteiger partial charge in [-0.2, -0.15) is 4.98 Å². The summed E-state index contributed by atoms with van der Waals surface area (Å²) in [6, 6.07) is 5.53. The van der Waals surface area contributed by atoms with E-state index in [-0.39, 0.29) is 6.54 Å². The van der Waals surface area contributed by atoms with Crippen LogP contribution in [0.15, 0.2) is 22.7 Å². The summed E-state index contributed by atoms with van der Waals surface area (Å²) in [5, 5.41) is 3.84. The van der Waals surface area contributed by atoms with Crippen molar-refractivity contribution in [2.45, 2.75) is 6.54 Å². The van der Waals surface area contributed by atoms with Gasteiger partial charge in [0, 0.05) is 5.56 Å². The molecule has 2 heterocycles. The summed E-state index contributed by atoms with van der Waals surface area (Å²) in [4.78, 5) is 4.15. The monoisotopic (exact) mass is 233 g/mol. The highest BCUT2D eigenvalue weighted by atomic mass is 16.6. The predicted molar refractivity (Wildman–Crippen MR) is 58.6 cm³/mol. The molecule has 1 aromatic carbocycles. The number of fused-ring (bicyclic) bond motifs is 1. The smallest absolute Gasteiger partial charge is 0.240 e. The second-order valence-corrected chi connectivity index (χ2v) is 3.57. The highest BCUT2D eigenvalue weighted by Crippen LogP contribution is 2.33. The molecule has 1 aliphatic rings. The van der Waals surface area contributed by atoms with Gasteiger partial charge in [-0.1, -0.05) is 5.16 Å². The van der Waals surface area contributed by atoms with Gasteiger partial charge in [-0.3, -0.25) is 0 Å². The molecule has 0 radical (unpaired) electrons. The van der Waals surface area contributed by atoms with Crippen LogP contribution in [0.3, 0.4) is 0 Å². The number of benzene rings is 1. The van der Waals surface area contributed by atoms with Gasteiger partial charge in [-0.05, 0) is 18.2 Å². The molecular weight excluding hydrogens is 222 g/mol. The topological polar surface area (TPSA) is 83.4 Å². The number of ether oxygens (including phenoxy) is 2. The first-order valence-corrected chi connectivity index (χ1v) is 5.29. The van der Waals surface area contributed by atoms with E-state index in [1.807, 2.05) is 18.2 Å². The Morgan fingerprint density at radius 3 is 2.76 bits per heavy atom. The molecule has 3 rings (SSSR count). The van der Waals surface area contributed by atoms with Gasteiger partial charge in [0.15, 0.2) is 11.5 Å². The van der Waals surface area contributed by atoms with Crippen LogP contribution in [0.4, 0.5) is 0 Å². The standard InChI is InChI=1S/C11H11N3O3/c12-6-10-13-11(14-17-10)7-1-2-8-9(5-7)16-4-3-15-8/h1-2,5H,3-4,6,12H2. The molecule has 0 bridgehead atoms. The average molecular weight is 233 g/mol. The largest absolute Gasteiger partial charge is 0.486 e. The fourth-order valence-corrected chi connectivity index (χ4v) is 1.64. The molecule has 0 saturated heterocycles. The molecule has 6 heteroatoms. The van der Waals surface area contributed by atoms with E-state index in [1.54, 1.807) is 0 Å². The van der Waals surface area contributed by atoms with Gasteiger partial charge < -0.3 is 19.7 Å². The van der Waals surface area contributed by atoms with E-state index in [1.165, 1.54) is 0 Å². The third-order valence-electron chi connectivity index (χ3n) is 2.44. The zero-order chi connectivity index (χ0) is 11.7. The Morgan fingerprint density at radius 2 is 2.00 bits per heavy atom. The molecule has 1 aromatic heterocycles. The lowest BCUT2D eigenvalue weighted by Gasteiger charge is -2.18. The second kappa shape index (κ2) is 4.06. The van der Waals surface area contributed by atoms with Crippen molar-refractivity contribution in [2.75, 3.05) is 13.2 Å². The van der Waals surface area contributed by atoms with E-state index in [0.717, 1.165) is 11.3 Å². The third-order valence-corrected chi connectivity index (χ3v) is 2.44. The minimum atomic E-state index is 0.234. The van der Waals surface area contributed by atoms with Gasteiger partial charge in [0.1, 0.15) is 13.2 Å². The third kappa shape index (κ3) is 1.83. The Balaban J connectivity index is 1.97. The molecule has 0 fully saturated rings. The maximum absolute atomic E-state index is 5.48. The van der Waals surface area contributed by atoms with Crippen molar-refractivity contribution in [3.05, 3.63) is 24.1 Å². The van der Waals surface area contributed by atoms with E-state index in [9.17, 15) is 0 Å². The molecule has 2 N–H and O–H groups in total. The zero-order valence-electron chi connectivity index (χ0n) is 9.05. The molecular formula is C11H11N3O3. The zero-order valence-corrected chi connectivity index (χ0v) is 9.05. The summed E-state index contributed by atoms with van der Waals surface area (Å²) in [7, 11) is 0. The van der Waals surface area contributed by atoms with Crippen LogP contribution in [0, 0.1) is 0 Å². The fourth-order valence-electron chi connectivity index (χ4n) is 1.64. The Hall–Kier alpha value is -2.08. The van der Waals surface area contributed by atoms with E-state index >= 15 is 0 Å². The van der Waals surface area contributed by atoms with Crippen molar-refractivity contribution in [1.29, 1.82) is 0 Å². The van der Waals surface area contributed by atoms with Crippen molar-refractivity contribution in [3.63, 3.8) is 0 Å². The number of nitrogens with zero attached hydrogens (tertiary/aromatic N) is 2. The Bertz CT molecular complexity index is 539. The summed E-state index contributed by atoms with van der Waals surface area (Å²) in [6.45, 7) is 1.36. The van der Waals surface area contributed by atoms with Crippen LogP contribution in [0.2, 0.25) is 0 Å². The maximum atomic E-state index is 5.48. The van der Waals surface area contributed by atoms with Crippen molar-refractivity contribution >= 4 is 0 Å². The molecule has 0 saturated carbocycles. The lowest BCUT2D eigenvalue weighted by Crippen LogP contribution is -2.15. The molecule has 2 aromatic rings. The quantitative estimate of drug-likeness (QED) is 0.832. The number of aromatic nitrogens is 2. The fraction of sp³-hybridized carbons (Fsp3) is 0.273. The van der Waals surface area contributed by atoms with E-state index in [0.29, 0.717) is 30.7 Å². The van der Waals surface area contributed by atoms with Crippen LogP contribution in [0.25, 0.3) is 11.4 Å². The van der Waals surface area contributed by atoms with Gasteiger partial charge in [-0.25, -0.2) is 0 Å². The van der Waals surface area contributed by atoms with E-state index in [2.05, 4.69) is 10.1 Å². The minimum Gasteiger partial charge on any atom is -0.486 e. The number of hydrogen-bond donors (Lipinski definition) is 1. The van der Waals surface area contributed by atoms with Gasteiger partial charge in [-0.15, -0.1) is 0 Å². The van der Waals surface area contributed by atoms with Gasteiger partial charge in [0.2, 0.25) is 11.7 Å². The molecule has 0 unspecified atom stereocenters. The minimum absolute atomic E-state index is 0.234. The summed E-state index contributed by atoms with van der Waals surface area (Å²) in [5.41, 5.74) is 6.23. The van der Waals surface area contributed by atoms with Gasteiger partial charge in [0.25, 0.3) is 0 Å². The molecule has 0 spiro atoms. The summed E-state index contributed by atoms with van der Waals surface area (Å²) < 4.78 is 15.9. The van der Waals surface area contributed by atoms with E-state index in [4.69, 9.17) is 19.7 Å². The van der Waals surface area contributed by atoms with Crippen LogP contribution in [0.5, 0.6) is 11.5 Å². The summed E-state index contributed by atoms with van der Waals surface area (Å²) >= 11 is 0. The first kappa shape index (κ1) is 10.1. The van der Waals surface area contributed by atoms with Crippen molar-refractivity contribution in [2.24, 2.45) is 5.73 Å². The predicted octanol–water partition coefficient (Wildman–Crippen LogP) is 0.967. The molecule has 6 nitrogen and oxygen atoms in total. The SMILES string of the molecule is NCc1nc(-c2ccc3c(c2)OCCO3)no1. The number of nitrogens with two attached hydrogens (primary N) is 1. The Labute approximate surface area is 97.3 Å². The molecule has 17 heavy (non-hydrogen) atoms. The van der Waals surface area contributed by atoms with Crippen LogP contribution >= 0.6 is 0 Å². The molecule has 0 aliphatic carbocycles. The van der Waals surface area contributed by atoms with Crippen LogP contribution in [0.1, 0.15) is 5.89 Å². The van der Waals surface area contributed by atoms with Crippen molar-refractivity contribution < 1.29 is 14.0 Å². The number of rotatable bonds is 2. The molecule has 0 atom stereocenters. The lowest BCUT2D eigenvalue weighted by atomic mass is 10.2.